The molecular weight excluding hydrogens is 314 g/mol. The average molecular weight is 337 g/mol. The number of aliphatic hydroxyl groups is 1. The van der Waals surface area contributed by atoms with Crippen LogP contribution in [0.3, 0.4) is 0 Å². The Kier molecular flexibility index (Phi) is 4.56. The minimum absolute atomic E-state index is 0.0845. The highest BCUT2D eigenvalue weighted by Crippen LogP contribution is 2.54. The molecule has 0 aromatic heterocycles. The lowest BCUT2D eigenvalue weighted by atomic mass is 9.72. The van der Waals surface area contributed by atoms with E-state index in [1.807, 2.05) is 6.26 Å². The van der Waals surface area contributed by atoms with Crippen LogP contribution in [0.5, 0.6) is 0 Å². The van der Waals surface area contributed by atoms with Crippen LogP contribution in [0.25, 0.3) is 0 Å². The Balaban J connectivity index is 1.99. The molecule has 5 nitrogen and oxygen atoms in total. The summed E-state index contributed by atoms with van der Waals surface area (Å²) in [6.07, 6.45) is 5.93. The molecule has 0 radical (unpaired) electrons. The third-order valence-corrected chi connectivity index (χ3v) is 6.23. The number of esters is 1. The molecule has 0 bridgehead atoms. The molecule has 0 spiro atoms. The molecule has 1 saturated carbocycles. The second-order valence-corrected chi connectivity index (χ2v) is 7.46. The predicted molar refractivity (Wildman–Crippen MR) is 88.6 cm³/mol. The lowest BCUT2D eigenvalue weighted by Crippen LogP contribution is -2.64. The zero-order valence-electron chi connectivity index (χ0n) is 13.5. The van der Waals surface area contributed by atoms with Crippen LogP contribution < -0.4 is 0 Å². The van der Waals surface area contributed by atoms with Crippen molar-refractivity contribution in [1.82, 2.24) is 4.90 Å². The van der Waals surface area contributed by atoms with Crippen LogP contribution in [0, 0.1) is 11.8 Å². The van der Waals surface area contributed by atoms with Gasteiger partial charge in [-0.05, 0) is 31.6 Å². The molecule has 1 unspecified atom stereocenters. The normalized spacial score (nSPS) is 33.7. The van der Waals surface area contributed by atoms with Gasteiger partial charge in [-0.15, -0.1) is 0 Å². The minimum Gasteiger partial charge on any atom is -0.457 e. The molecule has 23 heavy (non-hydrogen) atoms. The number of amides is 1. The number of β-lactam (4-membered cyclic amide) rings is 1. The molecule has 2 fully saturated rings. The highest BCUT2D eigenvalue weighted by atomic mass is 32.2. The third-order valence-electron chi connectivity index (χ3n) is 5.17. The molecule has 5 atom stereocenters. The van der Waals surface area contributed by atoms with Gasteiger partial charge in [0.1, 0.15) is 12.3 Å². The van der Waals surface area contributed by atoms with Crippen molar-refractivity contribution in [3.05, 3.63) is 23.9 Å². The molecule has 0 aromatic rings. The summed E-state index contributed by atoms with van der Waals surface area (Å²) in [5, 5.41) is 10.2. The summed E-state index contributed by atoms with van der Waals surface area (Å²) in [6, 6.07) is -0.0845. The van der Waals surface area contributed by atoms with E-state index in [1.165, 1.54) is 6.08 Å². The second-order valence-electron chi connectivity index (χ2n) is 6.42. The predicted octanol–water partition coefficient (Wildman–Crippen LogP) is 1.72. The molecular formula is C17H23NO4S. The van der Waals surface area contributed by atoms with Crippen molar-refractivity contribution in [2.45, 2.75) is 43.6 Å². The quantitative estimate of drug-likeness (QED) is 0.470. The fraction of sp³-hybridized carbons (Fsp3) is 0.647. The molecule has 0 aromatic carbocycles. The maximum absolute atomic E-state index is 12.5. The number of carbonyl (C=O) groups is 2. The van der Waals surface area contributed by atoms with Gasteiger partial charge in [0.15, 0.2) is 0 Å². The van der Waals surface area contributed by atoms with Gasteiger partial charge in [0.25, 0.3) is 0 Å². The topological polar surface area (TPSA) is 66.8 Å². The van der Waals surface area contributed by atoms with Crippen molar-refractivity contribution >= 4 is 23.6 Å². The Labute approximate surface area is 140 Å². The highest BCUT2D eigenvalue weighted by Gasteiger charge is 2.62. The summed E-state index contributed by atoms with van der Waals surface area (Å²) in [5.74, 6) is -0.826. The van der Waals surface area contributed by atoms with Gasteiger partial charge in [0.05, 0.1) is 18.1 Å². The number of hydrogen-bond donors (Lipinski definition) is 1. The number of rotatable bonds is 5. The van der Waals surface area contributed by atoms with Crippen LogP contribution in [-0.4, -0.2) is 52.1 Å². The first-order valence-corrected chi connectivity index (χ1v) is 9.37. The van der Waals surface area contributed by atoms with Crippen LogP contribution in [0.4, 0.5) is 0 Å². The molecule has 3 rings (SSSR count). The minimum atomic E-state index is -0.691. The zero-order chi connectivity index (χ0) is 16.7. The summed E-state index contributed by atoms with van der Waals surface area (Å²) in [4.78, 5) is 26.6. The standard InChI is InChI=1S/C17H23NO4S/c1-4-8-22-17(21)15-13-10(6-5-7-11(13)23-3)14-12(9(2)19)16(20)18(14)15/h4,9-12,14,19H,1,5-8H2,2-3H3/t9?,10-,11-,12+,14+/m0/s1. The molecule has 1 N–H and O–H groups in total. The Bertz CT molecular complexity index is 571. The Morgan fingerprint density at radius 1 is 1.57 bits per heavy atom. The van der Waals surface area contributed by atoms with Gasteiger partial charge in [0, 0.05) is 11.2 Å². The van der Waals surface area contributed by atoms with E-state index in [0.29, 0.717) is 5.70 Å². The van der Waals surface area contributed by atoms with E-state index in [1.54, 1.807) is 23.6 Å². The number of hydrogen-bond acceptors (Lipinski definition) is 5. The molecule has 126 valence electrons. The second kappa shape index (κ2) is 6.32. The fourth-order valence-electron chi connectivity index (χ4n) is 4.27. The van der Waals surface area contributed by atoms with E-state index < -0.39 is 18.0 Å². The van der Waals surface area contributed by atoms with Gasteiger partial charge >= 0.3 is 5.97 Å². The molecule has 1 aliphatic carbocycles. The van der Waals surface area contributed by atoms with Crippen molar-refractivity contribution in [3.8, 4) is 0 Å². The number of carbonyl (C=O) groups excluding carboxylic acids is 2. The van der Waals surface area contributed by atoms with Gasteiger partial charge in [0.2, 0.25) is 5.91 Å². The van der Waals surface area contributed by atoms with E-state index >= 15 is 0 Å². The lowest BCUT2D eigenvalue weighted by molar-refractivity contribution is -0.164. The van der Waals surface area contributed by atoms with Crippen LogP contribution in [-0.2, 0) is 14.3 Å². The van der Waals surface area contributed by atoms with Crippen LogP contribution >= 0.6 is 11.8 Å². The summed E-state index contributed by atoms with van der Waals surface area (Å²) in [5.41, 5.74) is 1.49. The Morgan fingerprint density at radius 3 is 2.91 bits per heavy atom. The Hall–Kier alpha value is -1.27. The molecule has 2 aliphatic heterocycles. The van der Waals surface area contributed by atoms with Crippen LogP contribution in [0.15, 0.2) is 23.9 Å². The first-order valence-electron chi connectivity index (χ1n) is 8.08. The first-order chi connectivity index (χ1) is 11.0. The van der Waals surface area contributed by atoms with E-state index in [-0.39, 0.29) is 29.7 Å². The van der Waals surface area contributed by atoms with E-state index in [9.17, 15) is 14.7 Å². The average Bonchev–Trinajstić information content (AvgIpc) is 2.82. The molecule has 1 amide bonds. The van der Waals surface area contributed by atoms with Gasteiger partial charge in [-0.2, -0.15) is 11.8 Å². The highest BCUT2D eigenvalue weighted by molar-refractivity contribution is 7.99. The smallest absolute Gasteiger partial charge is 0.355 e. The van der Waals surface area contributed by atoms with Crippen molar-refractivity contribution in [3.63, 3.8) is 0 Å². The summed E-state index contributed by atoms with van der Waals surface area (Å²) >= 11 is 1.72. The lowest BCUT2D eigenvalue weighted by Gasteiger charge is -2.47. The van der Waals surface area contributed by atoms with Crippen LogP contribution in [0.1, 0.15) is 26.2 Å². The first kappa shape index (κ1) is 16.6. The third kappa shape index (κ3) is 2.43. The number of thioether (sulfide) groups is 1. The van der Waals surface area contributed by atoms with Crippen molar-refractivity contribution in [2.24, 2.45) is 11.8 Å². The van der Waals surface area contributed by atoms with E-state index in [0.717, 1.165) is 24.8 Å². The SMILES string of the molecule is C=CCOC(=O)C1=C2[C@@H](SC)CCC[C@@H]2[C@@H]2[C@@H](C(C)O)C(=O)N12. The number of nitrogens with zero attached hydrogens (tertiary/aromatic N) is 1. The van der Waals surface area contributed by atoms with Crippen molar-refractivity contribution < 1.29 is 19.4 Å². The zero-order valence-corrected chi connectivity index (χ0v) is 14.3. The summed E-state index contributed by atoms with van der Waals surface area (Å²) < 4.78 is 5.23. The molecule has 6 heteroatoms. The number of aliphatic hydroxyl groups excluding tert-OH is 1. The molecule has 3 aliphatic rings. The van der Waals surface area contributed by atoms with Crippen molar-refractivity contribution in [1.29, 1.82) is 0 Å². The van der Waals surface area contributed by atoms with Gasteiger partial charge in [-0.3, -0.25) is 4.79 Å². The molecule has 2 heterocycles. The van der Waals surface area contributed by atoms with Crippen LogP contribution in [0.2, 0.25) is 0 Å². The van der Waals surface area contributed by atoms with Gasteiger partial charge in [-0.1, -0.05) is 19.1 Å². The van der Waals surface area contributed by atoms with E-state index in [4.69, 9.17) is 4.74 Å². The monoisotopic (exact) mass is 337 g/mol. The van der Waals surface area contributed by atoms with Gasteiger partial charge < -0.3 is 14.7 Å². The fourth-order valence-corrected chi connectivity index (χ4v) is 5.21. The maximum Gasteiger partial charge on any atom is 0.355 e. The number of ether oxygens (including phenoxy) is 1. The summed E-state index contributed by atoms with van der Waals surface area (Å²) in [6.45, 7) is 5.35. The largest absolute Gasteiger partial charge is 0.457 e. The van der Waals surface area contributed by atoms with Gasteiger partial charge in [-0.25, -0.2) is 4.79 Å². The maximum atomic E-state index is 12.5. The number of fused-ring (bicyclic) bond motifs is 3. The summed E-state index contributed by atoms with van der Waals surface area (Å²) in [7, 11) is 0. The molecule has 1 saturated heterocycles. The van der Waals surface area contributed by atoms with Crippen molar-refractivity contribution in [2.75, 3.05) is 12.9 Å². The Morgan fingerprint density at radius 2 is 2.30 bits per heavy atom. The van der Waals surface area contributed by atoms with E-state index in [2.05, 4.69) is 6.58 Å².